The van der Waals surface area contributed by atoms with Crippen molar-refractivity contribution in [3.05, 3.63) is 26.4 Å². The van der Waals surface area contributed by atoms with E-state index >= 15 is 0 Å². The van der Waals surface area contributed by atoms with Gasteiger partial charge in [-0.3, -0.25) is 9.36 Å². The predicted octanol–water partition coefficient (Wildman–Crippen LogP) is 2.80. The standard InChI is InChI=1S/C12H18N2OS/c1-8-10(9-6-4-3-5-7-9)13-12(16)14(2)11(8)15/h9H,3-7H2,1-2H3,(H,13,16). The van der Waals surface area contributed by atoms with E-state index < -0.39 is 0 Å². The molecule has 0 saturated heterocycles. The molecular weight excluding hydrogens is 220 g/mol. The van der Waals surface area contributed by atoms with Gasteiger partial charge in [-0.1, -0.05) is 19.3 Å². The molecule has 1 aromatic heterocycles. The molecule has 1 aromatic rings. The quantitative estimate of drug-likeness (QED) is 0.764. The van der Waals surface area contributed by atoms with E-state index in [9.17, 15) is 4.79 Å². The highest BCUT2D eigenvalue weighted by molar-refractivity contribution is 7.71. The van der Waals surface area contributed by atoms with Crippen molar-refractivity contribution in [3.63, 3.8) is 0 Å². The Bertz CT molecular complexity index is 495. The Morgan fingerprint density at radius 2 is 1.94 bits per heavy atom. The van der Waals surface area contributed by atoms with Crippen LogP contribution in [0.2, 0.25) is 0 Å². The fraction of sp³-hybridized carbons (Fsp3) is 0.667. The second-order valence-corrected chi connectivity index (χ2v) is 5.05. The molecule has 3 nitrogen and oxygen atoms in total. The van der Waals surface area contributed by atoms with E-state index in [0.717, 1.165) is 11.3 Å². The zero-order valence-electron chi connectivity index (χ0n) is 9.88. The van der Waals surface area contributed by atoms with Crippen molar-refractivity contribution in [3.8, 4) is 0 Å². The van der Waals surface area contributed by atoms with E-state index in [1.54, 1.807) is 7.05 Å². The van der Waals surface area contributed by atoms with Gasteiger partial charge in [0.25, 0.3) is 5.56 Å². The van der Waals surface area contributed by atoms with E-state index in [2.05, 4.69) is 4.98 Å². The van der Waals surface area contributed by atoms with Gasteiger partial charge in [0.15, 0.2) is 4.77 Å². The average molecular weight is 238 g/mol. The SMILES string of the molecule is Cc1c(C2CCCCC2)[nH]c(=S)n(C)c1=O. The lowest BCUT2D eigenvalue weighted by atomic mass is 9.85. The van der Waals surface area contributed by atoms with Crippen LogP contribution in [0.1, 0.15) is 49.3 Å². The molecule has 1 fully saturated rings. The molecule has 1 saturated carbocycles. The highest BCUT2D eigenvalue weighted by Gasteiger charge is 2.19. The van der Waals surface area contributed by atoms with Crippen molar-refractivity contribution in [2.75, 3.05) is 0 Å². The third kappa shape index (κ3) is 1.98. The zero-order chi connectivity index (χ0) is 11.7. The lowest BCUT2D eigenvalue weighted by molar-refractivity contribution is 0.432. The first-order valence-corrected chi connectivity index (χ1v) is 6.32. The summed E-state index contributed by atoms with van der Waals surface area (Å²) in [6.45, 7) is 1.90. The maximum absolute atomic E-state index is 11.9. The Kier molecular flexibility index (Phi) is 3.28. The van der Waals surface area contributed by atoms with E-state index in [-0.39, 0.29) is 5.56 Å². The maximum Gasteiger partial charge on any atom is 0.257 e. The summed E-state index contributed by atoms with van der Waals surface area (Å²) in [6.07, 6.45) is 6.21. The molecule has 2 rings (SSSR count). The van der Waals surface area contributed by atoms with Gasteiger partial charge in [-0.25, -0.2) is 0 Å². The Morgan fingerprint density at radius 3 is 2.56 bits per heavy atom. The Morgan fingerprint density at radius 1 is 1.31 bits per heavy atom. The number of hydrogen-bond acceptors (Lipinski definition) is 2. The normalized spacial score (nSPS) is 17.6. The van der Waals surface area contributed by atoms with E-state index in [1.807, 2.05) is 6.92 Å². The summed E-state index contributed by atoms with van der Waals surface area (Å²) in [5.74, 6) is 0.504. The largest absolute Gasteiger partial charge is 0.335 e. The van der Waals surface area contributed by atoms with Gasteiger partial charge >= 0.3 is 0 Å². The van der Waals surface area contributed by atoms with Crippen LogP contribution in [0.3, 0.4) is 0 Å². The molecule has 16 heavy (non-hydrogen) atoms. The second kappa shape index (κ2) is 4.53. The number of nitrogens with one attached hydrogen (secondary N) is 1. The van der Waals surface area contributed by atoms with Crippen molar-refractivity contribution in [1.82, 2.24) is 9.55 Å². The fourth-order valence-electron chi connectivity index (χ4n) is 2.55. The van der Waals surface area contributed by atoms with Crippen LogP contribution in [0.4, 0.5) is 0 Å². The molecule has 0 aliphatic heterocycles. The van der Waals surface area contributed by atoms with E-state index in [0.29, 0.717) is 10.7 Å². The zero-order valence-corrected chi connectivity index (χ0v) is 10.7. The topological polar surface area (TPSA) is 37.8 Å². The Balaban J connectivity index is 2.48. The third-order valence-corrected chi connectivity index (χ3v) is 3.97. The second-order valence-electron chi connectivity index (χ2n) is 4.67. The van der Waals surface area contributed by atoms with Crippen LogP contribution >= 0.6 is 12.2 Å². The van der Waals surface area contributed by atoms with Crippen molar-refractivity contribution in [2.24, 2.45) is 7.05 Å². The molecule has 4 heteroatoms. The van der Waals surface area contributed by atoms with Gasteiger partial charge in [0.1, 0.15) is 0 Å². The first-order valence-electron chi connectivity index (χ1n) is 5.91. The smallest absolute Gasteiger partial charge is 0.257 e. The maximum atomic E-state index is 11.9. The summed E-state index contributed by atoms with van der Waals surface area (Å²) in [5.41, 5.74) is 1.96. The van der Waals surface area contributed by atoms with Gasteiger partial charge in [-0.05, 0) is 37.9 Å². The summed E-state index contributed by atoms with van der Waals surface area (Å²) in [7, 11) is 1.72. The molecule has 0 amide bonds. The fourth-order valence-corrected chi connectivity index (χ4v) is 2.74. The van der Waals surface area contributed by atoms with Gasteiger partial charge in [0, 0.05) is 18.3 Å². The molecule has 0 aromatic carbocycles. The molecule has 88 valence electrons. The molecule has 1 aliphatic rings. The van der Waals surface area contributed by atoms with E-state index in [1.165, 1.54) is 36.7 Å². The number of hydrogen-bond donors (Lipinski definition) is 1. The number of aromatic nitrogens is 2. The van der Waals surface area contributed by atoms with Gasteiger partial charge < -0.3 is 4.98 Å². The number of rotatable bonds is 1. The van der Waals surface area contributed by atoms with Gasteiger partial charge in [-0.2, -0.15) is 0 Å². The predicted molar refractivity (Wildman–Crippen MR) is 67.4 cm³/mol. The minimum absolute atomic E-state index is 0.0457. The van der Waals surface area contributed by atoms with Gasteiger partial charge in [0.05, 0.1) is 0 Å². The molecular formula is C12H18N2OS. The number of nitrogens with zero attached hydrogens (tertiary/aromatic N) is 1. The van der Waals surface area contributed by atoms with Crippen LogP contribution in [0.5, 0.6) is 0 Å². The molecule has 0 bridgehead atoms. The van der Waals surface area contributed by atoms with Crippen LogP contribution < -0.4 is 5.56 Å². The van der Waals surface area contributed by atoms with Crippen molar-refractivity contribution in [1.29, 1.82) is 0 Å². The number of H-pyrrole nitrogens is 1. The molecule has 0 atom stereocenters. The van der Waals surface area contributed by atoms with Gasteiger partial charge in [-0.15, -0.1) is 0 Å². The minimum Gasteiger partial charge on any atom is -0.335 e. The van der Waals surface area contributed by atoms with E-state index in [4.69, 9.17) is 12.2 Å². The average Bonchev–Trinajstić information content (AvgIpc) is 2.32. The Hall–Kier alpha value is -0.900. The van der Waals surface area contributed by atoms with Crippen LogP contribution in [0, 0.1) is 11.7 Å². The molecule has 0 radical (unpaired) electrons. The molecule has 0 unspecified atom stereocenters. The van der Waals surface area contributed by atoms with Crippen LogP contribution in [0.25, 0.3) is 0 Å². The first kappa shape index (κ1) is 11.6. The summed E-state index contributed by atoms with van der Waals surface area (Å²) < 4.78 is 2.05. The summed E-state index contributed by atoms with van der Waals surface area (Å²) in [6, 6.07) is 0. The molecule has 1 N–H and O–H groups in total. The van der Waals surface area contributed by atoms with Crippen LogP contribution in [-0.4, -0.2) is 9.55 Å². The first-order chi connectivity index (χ1) is 7.61. The van der Waals surface area contributed by atoms with Crippen molar-refractivity contribution >= 4 is 12.2 Å². The lowest BCUT2D eigenvalue weighted by Crippen LogP contribution is -2.25. The summed E-state index contributed by atoms with van der Waals surface area (Å²) in [5, 5.41) is 0. The minimum atomic E-state index is 0.0457. The molecule has 0 spiro atoms. The molecule has 1 aliphatic carbocycles. The third-order valence-electron chi connectivity index (χ3n) is 3.59. The highest BCUT2D eigenvalue weighted by atomic mass is 32.1. The summed E-state index contributed by atoms with van der Waals surface area (Å²) >= 11 is 5.16. The lowest BCUT2D eigenvalue weighted by Gasteiger charge is -2.23. The number of aromatic amines is 1. The summed E-state index contributed by atoms with van der Waals surface area (Å²) in [4.78, 5) is 15.2. The monoisotopic (exact) mass is 238 g/mol. The van der Waals surface area contributed by atoms with Crippen molar-refractivity contribution < 1.29 is 0 Å². The highest BCUT2D eigenvalue weighted by Crippen LogP contribution is 2.32. The van der Waals surface area contributed by atoms with Crippen molar-refractivity contribution in [2.45, 2.75) is 44.9 Å². The van der Waals surface area contributed by atoms with Gasteiger partial charge in [0.2, 0.25) is 0 Å². The van der Waals surface area contributed by atoms with Crippen LogP contribution in [0.15, 0.2) is 4.79 Å². The van der Waals surface area contributed by atoms with Crippen LogP contribution in [-0.2, 0) is 7.05 Å². The molecule has 1 heterocycles. The Labute approximate surface area is 101 Å².